The van der Waals surface area contributed by atoms with E-state index in [2.05, 4.69) is 0 Å². The summed E-state index contributed by atoms with van der Waals surface area (Å²) in [6.07, 6.45) is 1.62. The molecule has 0 aliphatic carbocycles. The molecule has 2 N–H and O–H groups in total. The average molecular weight is 167 g/mol. The highest BCUT2D eigenvalue weighted by molar-refractivity contribution is 5.14. The average Bonchev–Trinajstić information content (AvgIpc) is 2.05. The van der Waals surface area contributed by atoms with Crippen molar-refractivity contribution in [3.63, 3.8) is 0 Å². The number of rotatable bonds is 4. The summed E-state index contributed by atoms with van der Waals surface area (Å²) in [5.74, 6) is 0. The van der Waals surface area contributed by atoms with Gasteiger partial charge in [0.2, 0.25) is 0 Å². The molecule has 0 aliphatic rings. The maximum atomic E-state index is 8.42. The second kappa shape index (κ2) is 4.87. The molecule has 3 heteroatoms. The predicted octanol–water partition coefficient (Wildman–Crippen LogP) is 1.70. The van der Waals surface area contributed by atoms with Crippen molar-refractivity contribution in [3.05, 3.63) is 35.9 Å². The molecule has 12 heavy (non-hydrogen) atoms. The van der Waals surface area contributed by atoms with E-state index >= 15 is 0 Å². The number of hydroxylamine groups is 2. The summed E-state index contributed by atoms with van der Waals surface area (Å²) in [6, 6.07) is 9.97. The van der Waals surface area contributed by atoms with E-state index in [-0.39, 0.29) is 11.8 Å². The van der Waals surface area contributed by atoms with Crippen molar-refractivity contribution in [1.82, 2.24) is 5.23 Å². The molecule has 0 bridgehead atoms. The Labute approximate surface area is 71.8 Å². The van der Waals surface area contributed by atoms with Gasteiger partial charge in [0.15, 0.2) is 0 Å². The van der Waals surface area contributed by atoms with Gasteiger partial charge in [-0.2, -0.15) is 0 Å². The fraction of sp³-hybridized carbons (Fsp3) is 0.333. The lowest BCUT2D eigenvalue weighted by atomic mass is 10.1. The highest BCUT2D eigenvalue weighted by Crippen LogP contribution is 2.01. The fourth-order valence-electron chi connectivity index (χ4n) is 1.07. The van der Waals surface area contributed by atoms with Crippen LogP contribution in [0, 0.1) is 0 Å². The summed E-state index contributed by atoms with van der Waals surface area (Å²) in [6.45, 7) is 0.287. The third kappa shape index (κ3) is 3.48. The van der Waals surface area contributed by atoms with Crippen LogP contribution in [0.3, 0.4) is 0 Å². The molecule has 0 unspecified atom stereocenters. The molecule has 1 rings (SSSR count). The Morgan fingerprint density at radius 1 is 1.08 bits per heavy atom. The van der Waals surface area contributed by atoms with Gasteiger partial charge in [-0.1, -0.05) is 35.6 Å². The summed E-state index contributed by atoms with van der Waals surface area (Å²) in [7, 11) is 0. The Kier molecular flexibility index (Phi) is 3.73. The van der Waals surface area contributed by atoms with Crippen LogP contribution in [0.1, 0.15) is 12.0 Å². The minimum Gasteiger partial charge on any atom is -0.290 e. The molecule has 0 amide bonds. The van der Waals surface area contributed by atoms with E-state index in [1.165, 1.54) is 5.56 Å². The summed E-state index contributed by atoms with van der Waals surface area (Å²) < 4.78 is 0. The number of hydrogen-bond donors (Lipinski definition) is 2. The van der Waals surface area contributed by atoms with Crippen molar-refractivity contribution >= 4 is 0 Å². The Morgan fingerprint density at radius 3 is 2.33 bits per heavy atom. The lowest BCUT2D eigenvalue weighted by molar-refractivity contribution is -0.306. The van der Waals surface area contributed by atoms with Crippen molar-refractivity contribution in [2.45, 2.75) is 12.8 Å². The number of benzene rings is 1. The van der Waals surface area contributed by atoms with Crippen LogP contribution < -0.4 is 0 Å². The minimum absolute atomic E-state index is 0.225. The van der Waals surface area contributed by atoms with E-state index < -0.39 is 0 Å². The van der Waals surface area contributed by atoms with E-state index in [0.29, 0.717) is 0 Å². The Bertz CT molecular complexity index is 211. The van der Waals surface area contributed by atoms with Gasteiger partial charge < -0.3 is 0 Å². The van der Waals surface area contributed by atoms with E-state index in [1.807, 2.05) is 30.3 Å². The zero-order chi connectivity index (χ0) is 8.81. The van der Waals surface area contributed by atoms with Crippen LogP contribution in [-0.4, -0.2) is 22.2 Å². The largest absolute Gasteiger partial charge is 0.290 e. The van der Waals surface area contributed by atoms with Gasteiger partial charge in [0, 0.05) is 0 Å². The highest BCUT2D eigenvalue weighted by Gasteiger charge is 1.94. The highest BCUT2D eigenvalue weighted by atomic mass is 16.8. The summed E-state index contributed by atoms with van der Waals surface area (Å²) in [4.78, 5) is 0. The van der Waals surface area contributed by atoms with Crippen LogP contribution in [0.4, 0.5) is 0 Å². The third-order valence-electron chi connectivity index (χ3n) is 1.67. The zero-order valence-electron chi connectivity index (χ0n) is 6.85. The van der Waals surface area contributed by atoms with Crippen molar-refractivity contribution in [3.8, 4) is 0 Å². The van der Waals surface area contributed by atoms with Crippen molar-refractivity contribution in [1.29, 1.82) is 0 Å². The summed E-state index contributed by atoms with van der Waals surface area (Å²) in [5.41, 5.74) is 1.22. The Hall–Kier alpha value is -0.900. The molecule has 0 aromatic heterocycles. The third-order valence-corrected chi connectivity index (χ3v) is 1.67. The summed E-state index contributed by atoms with van der Waals surface area (Å²) >= 11 is 0. The first-order valence-electron chi connectivity index (χ1n) is 3.98. The van der Waals surface area contributed by atoms with Crippen LogP contribution in [0.25, 0.3) is 0 Å². The molecule has 0 saturated carbocycles. The normalized spacial score (nSPS) is 10.6. The van der Waals surface area contributed by atoms with Gasteiger partial charge >= 0.3 is 0 Å². The standard InChI is InChI=1S/C9H13NO2/c11-10(12)8-4-7-9-5-2-1-3-6-9/h1-3,5-6,11-12H,4,7-8H2. The van der Waals surface area contributed by atoms with Crippen LogP contribution in [-0.2, 0) is 6.42 Å². The molecule has 1 aromatic rings. The van der Waals surface area contributed by atoms with E-state index in [0.717, 1.165) is 12.8 Å². The lowest BCUT2D eigenvalue weighted by Crippen LogP contribution is -2.15. The van der Waals surface area contributed by atoms with E-state index in [4.69, 9.17) is 10.4 Å². The topological polar surface area (TPSA) is 43.7 Å². The maximum absolute atomic E-state index is 8.42. The molecule has 0 saturated heterocycles. The monoisotopic (exact) mass is 167 g/mol. The molecule has 0 fully saturated rings. The first kappa shape index (κ1) is 9.19. The smallest absolute Gasteiger partial charge is 0.0516 e. The van der Waals surface area contributed by atoms with E-state index in [1.54, 1.807) is 0 Å². The van der Waals surface area contributed by atoms with Crippen LogP contribution in [0.15, 0.2) is 30.3 Å². The Morgan fingerprint density at radius 2 is 1.75 bits per heavy atom. The minimum atomic E-state index is 0.225. The van der Waals surface area contributed by atoms with Gasteiger partial charge in [-0.15, -0.1) is 0 Å². The molecule has 0 heterocycles. The molecule has 3 nitrogen and oxygen atoms in total. The second-order valence-electron chi connectivity index (χ2n) is 2.69. The summed E-state index contributed by atoms with van der Waals surface area (Å²) in [5, 5.41) is 17.1. The Balaban J connectivity index is 2.25. The quantitative estimate of drug-likeness (QED) is 0.671. The maximum Gasteiger partial charge on any atom is 0.0516 e. The second-order valence-corrected chi connectivity index (χ2v) is 2.69. The van der Waals surface area contributed by atoms with Gasteiger partial charge in [-0.3, -0.25) is 10.4 Å². The number of hydrogen-bond acceptors (Lipinski definition) is 3. The van der Waals surface area contributed by atoms with Gasteiger partial charge in [0.25, 0.3) is 0 Å². The molecule has 0 atom stereocenters. The van der Waals surface area contributed by atoms with Crippen molar-refractivity contribution in [2.75, 3.05) is 6.54 Å². The molecule has 0 spiro atoms. The molecule has 66 valence electrons. The number of nitrogens with zero attached hydrogens (tertiary/aromatic N) is 1. The van der Waals surface area contributed by atoms with Gasteiger partial charge in [0.1, 0.15) is 0 Å². The van der Waals surface area contributed by atoms with Gasteiger partial charge in [-0.05, 0) is 18.4 Å². The number of aryl methyl sites for hydroxylation is 1. The predicted molar refractivity (Wildman–Crippen MR) is 45.0 cm³/mol. The first-order valence-corrected chi connectivity index (χ1v) is 3.98. The fourth-order valence-corrected chi connectivity index (χ4v) is 1.07. The van der Waals surface area contributed by atoms with Crippen LogP contribution >= 0.6 is 0 Å². The van der Waals surface area contributed by atoms with Gasteiger partial charge in [0.05, 0.1) is 6.54 Å². The molecule has 0 radical (unpaired) electrons. The molecule has 1 aromatic carbocycles. The van der Waals surface area contributed by atoms with Gasteiger partial charge in [-0.25, -0.2) is 0 Å². The van der Waals surface area contributed by atoms with Crippen molar-refractivity contribution in [2.24, 2.45) is 0 Å². The lowest BCUT2D eigenvalue weighted by Gasteiger charge is -2.04. The van der Waals surface area contributed by atoms with Crippen LogP contribution in [0.5, 0.6) is 0 Å². The zero-order valence-corrected chi connectivity index (χ0v) is 6.85. The SMILES string of the molecule is ON(O)CCCc1ccccc1. The van der Waals surface area contributed by atoms with Crippen molar-refractivity contribution < 1.29 is 10.4 Å². The van der Waals surface area contributed by atoms with E-state index in [9.17, 15) is 0 Å². The van der Waals surface area contributed by atoms with Crippen LogP contribution in [0.2, 0.25) is 0 Å². The first-order chi connectivity index (χ1) is 5.79. The molecular formula is C9H13NO2. The molecular weight excluding hydrogens is 154 g/mol. The molecule has 0 aliphatic heterocycles.